The number of alkyl halides is 2. The van der Waals surface area contributed by atoms with Gasteiger partial charge in [-0.15, -0.1) is 0 Å². The van der Waals surface area contributed by atoms with Crippen LogP contribution >= 0.6 is 45.2 Å². The number of hydrogen-bond acceptors (Lipinski definition) is 1. The molecule has 0 heterocycles. The average molecular weight is 367 g/mol. The summed E-state index contributed by atoms with van der Waals surface area (Å²) in [6.07, 6.45) is 0. The van der Waals surface area contributed by atoms with Crippen molar-refractivity contribution in [2.24, 2.45) is 0 Å². The lowest BCUT2D eigenvalue weighted by atomic mass is 10.3. The topological polar surface area (TPSA) is 29.1 Å². The lowest BCUT2D eigenvalue weighted by Crippen LogP contribution is -2.36. The highest BCUT2D eigenvalue weighted by Gasteiger charge is 2.12. The molecule has 0 aliphatic heterocycles. The van der Waals surface area contributed by atoms with Gasteiger partial charge in [-0.05, 0) is 13.8 Å². The van der Waals surface area contributed by atoms with Crippen LogP contribution in [0.15, 0.2) is 0 Å². The van der Waals surface area contributed by atoms with Gasteiger partial charge in [0.2, 0.25) is 5.91 Å². The van der Waals surface area contributed by atoms with Gasteiger partial charge in [-0.3, -0.25) is 4.79 Å². The van der Waals surface area contributed by atoms with Gasteiger partial charge in [0.05, 0.1) is 3.92 Å². The monoisotopic (exact) mass is 367 g/mol. The van der Waals surface area contributed by atoms with Crippen molar-refractivity contribution in [1.29, 1.82) is 0 Å². The van der Waals surface area contributed by atoms with Crippen molar-refractivity contribution < 1.29 is 4.79 Å². The van der Waals surface area contributed by atoms with Crippen LogP contribution in [0.3, 0.4) is 0 Å². The van der Waals surface area contributed by atoms with E-state index in [0.717, 1.165) is 4.43 Å². The van der Waals surface area contributed by atoms with Crippen LogP contribution in [0.2, 0.25) is 0 Å². The first-order valence-electron chi connectivity index (χ1n) is 3.08. The molecular weight excluding hydrogens is 356 g/mol. The molecule has 1 N–H and O–H groups in total. The van der Waals surface area contributed by atoms with Gasteiger partial charge < -0.3 is 5.32 Å². The molecule has 1 unspecified atom stereocenters. The summed E-state index contributed by atoms with van der Waals surface area (Å²) in [5.74, 6) is 0.144. The maximum atomic E-state index is 11.1. The molecule has 60 valence electrons. The Morgan fingerprint density at radius 2 is 2.10 bits per heavy atom. The van der Waals surface area contributed by atoms with Crippen molar-refractivity contribution in [2.45, 2.75) is 23.8 Å². The molecule has 4 heteroatoms. The summed E-state index contributed by atoms with van der Waals surface area (Å²) in [6.45, 7) is 3.93. The largest absolute Gasteiger partial charge is 0.353 e. The fourth-order valence-corrected chi connectivity index (χ4v) is 1.02. The smallest absolute Gasteiger partial charge is 0.233 e. The van der Waals surface area contributed by atoms with E-state index < -0.39 is 0 Å². The van der Waals surface area contributed by atoms with Gasteiger partial charge in [0, 0.05) is 10.5 Å². The number of amides is 1. The molecule has 0 radical (unpaired) electrons. The SMILES string of the molecule is CC(C)NC(=O)C(I)CI. The fourth-order valence-electron chi connectivity index (χ4n) is 0.445. The number of halogens is 2. The summed E-state index contributed by atoms with van der Waals surface area (Å²) in [6, 6.07) is 0.257. The quantitative estimate of drug-likeness (QED) is 0.598. The van der Waals surface area contributed by atoms with Crippen molar-refractivity contribution in [1.82, 2.24) is 5.32 Å². The van der Waals surface area contributed by atoms with Crippen LogP contribution in [-0.2, 0) is 4.79 Å². The molecular formula is C6H11I2NO. The molecule has 0 spiro atoms. The Kier molecular flexibility index (Phi) is 6.08. The third kappa shape index (κ3) is 4.70. The molecule has 10 heavy (non-hydrogen) atoms. The number of rotatable bonds is 3. The van der Waals surface area contributed by atoms with E-state index in [1.54, 1.807) is 0 Å². The average Bonchev–Trinajstić information content (AvgIpc) is 1.85. The Labute approximate surface area is 88.8 Å². The van der Waals surface area contributed by atoms with E-state index in [9.17, 15) is 4.79 Å². The lowest BCUT2D eigenvalue weighted by molar-refractivity contribution is -0.120. The predicted molar refractivity (Wildman–Crippen MR) is 60.0 cm³/mol. The van der Waals surface area contributed by atoms with E-state index >= 15 is 0 Å². The van der Waals surface area contributed by atoms with Crippen LogP contribution in [0.4, 0.5) is 0 Å². The molecule has 0 rings (SSSR count). The zero-order valence-corrected chi connectivity index (χ0v) is 10.3. The number of hydrogen-bond donors (Lipinski definition) is 1. The fraction of sp³-hybridized carbons (Fsp3) is 0.833. The summed E-state index contributed by atoms with van der Waals surface area (Å²) in [5, 5.41) is 2.84. The first-order chi connectivity index (χ1) is 4.57. The molecule has 0 aliphatic carbocycles. The van der Waals surface area contributed by atoms with Crippen molar-refractivity contribution in [3.8, 4) is 0 Å². The summed E-state index contributed by atoms with van der Waals surface area (Å²) in [4.78, 5) is 11.1. The number of carbonyl (C=O) groups excluding carboxylic acids is 1. The van der Waals surface area contributed by atoms with Crippen LogP contribution in [0.5, 0.6) is 0 Å². The minimum Gasteiger partial charge on any atom is -0.353 e. The van der Waals surface area contributed by atoms with Gasteiger partial charge in [0.1, 0.15) is 0 Å². The van der Waals surface area contributed by atoms with Crippen molar-refractivity contribution in [3.63, 3.8) is 0 Å². The molecule has 0 aromatic carbocycles. The van der Waals surface area contributed by atoms with E-state index in [-0.39, 0.29) is 15.9 Å². The lowest BCUT2D eigenvalue weighted by Gasteiger charge is -2.10. The molecule has 1 atom stereocenters. The van der Waals surface area contributed by atoms with Crippen molar-refractivity contribution >= 4 is 51.1 Å². The highest BCUT2D eigenvalue weighted by atomic mass is 127. The van der Waals surface area contributed by atoms with Crippen LogP contribution < -0.4 is 5.32 Å². The zero-order valence-electron chi connectivity index (χ0n) is 6.03. The Hall–Kier alpha value is 0.930. The van der Waals surface area contributed by atoms with Gasteiger partial charge in [-0.25, -0.2) is 0 Å². The first-order valence-corrected chi connectivity index (χ1v) is 5.85. The van der Waals surface area contributed by atoms with Crippen molar-refractivity contribution in [2.75, 3.05) is 4.43 Å². The molecule has 0 aromatic rings. The van der Waals surface area contributed by atoms with E-state index in [0.29, 0.717) is 0 Å². The summed E-state index contributed by atoms with van der Waals surface area (Å²) in [5.41, 5.74) is 0. The molecule has 0 fully saturated rings. The van der Waals surface area contributed by atoms with Gasteiger partial charge in [-0.1, -0.05) is 45.2 Å². The van der Waals surface area contributed by atoms with Crippen LogP contribution in [0.1, 0.15) is 13.8 Å². The summed E-state index contributed by atoms with van der Waals surface area (Å²) >= 11 is 4.35. The van der Waals surface area contributed by atoms with E-state index in [1.165, 1.54) is 0 Å². The molecule has 2 nitrogen and oxygen atoms in total. The van der Waals surface area contributed by atoms with E-state index in [1.807, 2.05) is 13.8 Å². The van der Waals surface area contributed by atoms with Crippen LogP contribution in [0.25, 0.3) is 0 Å². The molecule has 0 saturated heterocycles. The van der Waals surface area contributed by atoms with Crippen molar-refractivity contribution in [3.05, 3.63) is 0 Å². The molecule has 0 bridgehead atoms. The number of nitrogens with one attached hydrogen (secondary N) is 1. The van der Waals surface area contributed by atoms with Gasteiger partial charge >= 0.3 is 0 Å². The third-order valence-corrected chi connectivity index (χ3v) is 4.42. The highest BCUT2D eigenvalue weighted by Crippen LogP contribution is 2.04. The number of carbonyl (C=O) groups is 1. The second kappa shape index (κ2) is 5.56. The normalized spacial score (nSPS) is 13.3. The molecule has 1 amide bonds. The first kappa shape index (κ1) is 10.9. The minimum absolute atomic E-state index is 0.112. The molecule has 0 aromatic heterocycles. The molecule has 0 saturated carbocycles. The Morgan fingerprint density at radius 3 is 2.40 bits per heavy atom. The minimum atomic E-state index is 0.112. The van der Waals surface area contributed by atoms with Gasteiger partial charge in [0.15, 0.2) is 0 Å². The molecule has 0 aliphatic rings. The van der Waals surface area contributed by atoms with Gasteiger partial charge in [0.25, 0.3) is 0 Å². The Morgan fingerprint density at radius 1 is 1.60 bits per heavy atom. The van der Waals surface area contributed by atoms with Crippen LogP contribution in [0, 0.1) is 0 Å². The van der Waals surface area contributed by atoms with Gasteiger partial charge in [-0.2, -0.15) is 0 Å². The Balaban J connectivity index is 3.62. The summed E-state index contributed by atoms with van der Waals surface area (Å²) < 4.78 is 0.984. The van der Waals surface area contributed by atoms with E-state index in [4.69, 9.17) is 0 Å². The maximum Gasteiger partial charge on any atom is 0.233 e. The maximum absolute atomic E-state index is 11.1. The second-order valence-electron chi connectivity index (χ2n) is 2.29. The third-order valence-electron chi connectivity index (χ3n) is 0.851. The highest BCUT2D eigenvalue weighted by molar-refractivity contribution is 14.1. The zero-order chi connectivity index (χ0) is 8.15. The standard InChI is InChI=1S/C6H11I2NO/c1-4(2)9-6(10)5(8)3-7/h4-5H,3H2,1-2H3,(H,9,10). The van der Waals surface area contributed by atoms with E-state index in [2.05, 4.69) is 50.5 Å². The predicted octanol–water partition coefficient (Wildman–Crippen LogP) is 1.75. The Bertz CT molecular complexity index is 116. The summed E-state index contributed by atoms with van der Waals surface area (Å²) in [7, 11) is 0. The second-order valence-corrected chi connectivity index (χ2v) is 4.67. The van der Waals surface area contributed by atoms with Crippen LogP contribution in [-0.4, -0.2) is 20.3 Å².